The van der Waals surface area contributed by atoms with E-state index in [0.29, 0.717) is 12.3 Å². The Morgan fingerprint density at radius 3 is 2.67 bits per heavy atom. The summed E-state index contributed by atoms with van der Waals surface area (Å²) in [4.78, 5) is 16.1. The van der Waals surface area contributed by atoms with Crippen LogP contribution in [0.1, 0.15) is 17.4 Å². The third-order valence-electron chi connectivity index (χ3n) is 3.65. The molecule has 0 N–H and O–H groups in total. The van der Waals surface area contributed by atoms with Gasteiger partial charge in [-0.1, -0.05) is 0 Å². The van der Waals surface area contributed by atoms with Crippen LogP contribution in [0.15, 0.2) is 42.7 Å². The smallest absolute Gasteiger partial charge is 0.358 e. The van der Waals surface area contributed by atoms with Gasteiger partial charge in [-0.05, 0) is 37.3 Å². The van der Waals surface area contributed by atoms with Crippen LogP contribution >= 0.6 is 0 Å². The lowest BCUT2D eigenvalue weighted by molar-refractivity contribution is 0.0520. The summed E-state index contributed by atoms with van der Waals surface area (Å²) in [6.07, 6.45) is 3.55. The predicted molar refractivity (Wildman–Crippen MR) is 89.7 cm³/mol. The van der Waals surface area contributed by atoms with Crippen molar-refractivity contribution in [2.24, 2.45) is 0 Å². The van der Waals surface area contributed by atoms with Gasteiger partial charge in [0.05, 0.1) is 20.8 Å². The Morgan fingerprint density at radius 1 is 1.12 bits per heavy atom. The number of ether oxygens (including phenoxy) is 3. The molecule has 0 spiro atoms. The van der Waals surface area contributed by atoms with E-state index in [-0.39, 0.29) is 5.69 Å². The molecule has 0 saturated heterocycles. The van der Waals surface area contributed by atoms with Crippen LogP contribution in [0.25, 0.3) is 16.8 Å². The molecule has 0 atom stereocenters. The fraction of sp³-hybridized carbons (Fsp3) is 0.222. The molecule has 0 radical (unpaired) electrons. The first-order valence-corrected chi connectivity index (χ1v) is 7.54. The van der Waals surface area contributed by atoms with Gasteiger partial charge in [0, 0.05) is 23.5 Å². The number of methoxy groups -OCH3 is 2. The van der Waals surface area contributed by atoms with Crippen molar-refractivity contribution in [1.82, 2.24) is 9.38 Å². The average Bonchev–Trinajstić information content (AvgIpc) is 3.04. The lowest BCUT2D eigenvalue weighted by atomic mass is 10.1. The Hall–Kier alpha value is -3.02. The number of carbonyl (C=O) groups excluding carboxylic acids is 1. The van der Waals surface area contributed by atoms with Crippen molar-refractivity contribution >= 4 is 11.6 Å². The summed E-state index contributed by atoms with van der Waals surface area (Å²) < 4.78 is 17.5. The zero-order valence-corrected chi connectivity index (χ0v) is 13.8. The lowest BCUT2D eigenvalue weighted by Crippen LogP contribution is -2.04. The van der Waals surface area contributed by atoms with Gasteiger partial charge >= 0.3 is 5.97 Å². The molecule has 0 bridgehead atoms. The minimum Gasteiger partial charge on any atom is -0.497 e. The zero-order chi connectivity index (χ0) is 17.1. The van der Waals surface area contributed by atoms with E-state index >= 15 is 0 Å². The summed E-state index contributed by atoms with van der Waals surface area (Å²) in [6.45, 7) is 2.08. The summed E-state index contributed by atoms with van der Waals surface area (Å²) >= 11 is 0. The van der Waals surface area contributed by atoms with Gasteiger partial charge in [-0.15, -0.1) is 0 Å². The van der Waals surface area contributed by atoms with Crippen LogP contribution in [0, 0.1) is 0 Å². The molecule has 0 amide bonds. The Bertz CT molecular complexity index is 886. The SMILES string of the molecule is CCOC(=O)c1cn2cc(-c3cc(OC)ccc3OC)ccc2n1. The molecule has 6 heteroatoms. The van der Waals surface area contributed by atoms with Crippen LogP contribution in [-0.4, -0.2) is 36.2 Å². The van der Waals surface area contributed by atoms with E-state index < -0.39 is 5.97 Å². The maximum absolute atomic E-state index is 11.8. The van der Waals surface area contributed by atoms with Gasteiger partial charge in [0.15, 0.2) is 5.69 Å². The Kier molecular flexibility index (Phi) is 4.37. The molecule has 24 heavy (non-hydrogen) atoms. The highest BCUT2D eigenvalue weighted by Crippen LogP contribution is 2.33. The van der Waals surface area contributed by atoms with Crippen LogP contribution in [0.4, 0.5) is 0 Å². The maximum atomic E-state index is 11.8. The van der Waals surface area contributed by atoms with Crippen LogP contribution in [0.3, 0.4) is 0 Å². The van der Waals surface area contributed by atoms with E-state index in [2.05, 4.69) is 4.98 Å². The molecule has 1 aromatic carbocycles. The second kappa shape index (κ2) is 6.62. The van der Waals surface area contributed by atoms with E-state index in [4.69, 9.17) is 14.2 Å². The number of benzene rings is 1. The predicted octanol–water partition coefficient (Wildman–Crippen LogP) is 3.20. The van der Waals surface area contributed by atoms with Gasteiger partial charge in [0.2, 0.25) is 0 Å². The number of hydrogen-bond donors (Lipinski definition) is 0. The van der Waals surface area contributed by atoms with Gasteiger partial charge in [-0.25, -0.2) is 9.78 Å². The molecule has 6 nitrogen and oxygen atoms in total. The van der Waals surface area contributed by atoms with E-state index in [1.807, 2.05) is 36.5 Å². The number of aromatic nitrogens is 2. The molecule has 2 heterocycles. The molecule has 2 aromatic heterocycles. The fourth-order valence-corrected chi connectivity index (χ4v) is 2.49. The molecule has 0 fully saturated rings. The highest BCUT2D eigenvalue weighted by Gasteiger charge is 2.13. The topological polar surface area (TPSA) is 62.1 Å². The van der Waals surface area contributed by atoms with Crippen molar-refractivity contribution in [3.63, 3.8) is 0 Å². The molecule has 0 unspecified atom stereocenters. The van der Waals surface area contributed by atoms with Crippen molar-refractivity contribution in [3.05, 3.63) is 48.4 Å². The van der Waals surface area contributed by atoms with E-state index in [1.165, 1.54) is 0 Å². The lowest BCUT2D eigenvalue weighted by Gasteiger charge is -2.11. The summed E-state index contributed by atoms with van der Waals surface area (Å²) in [5.41, 5.74) is 2.77. The minimum absolute atomic E-state index is 0.284. The van der Waals surface area contributed by atoms with Crippen molar-refractivity contribution in [2.75, 3.05) is 20.8 Å². The van der Waals surface area contributed by atoms with Crippen LogP contribution in [-0.2, 0) is 4.74 Å². The van der Waals surface area contributed by atoms with Gasteiger partial charge < -0.3 is 18.6 Å². The van der Waals surface area contributed by atoms with Gasteiger partial charge in [-0.3, -0.25) is 0 Å². The van der Waals surface area contributed by atoms with Crippen LogP contribution in [0.2, 0.25) is 0 Å². The number of pyridine rings is 1. The first-order valence-electron chi connectivity index (χ1n) is 7.54. The largest absolute Gasteiger partial charge is 0.497 e. The maximum Gasteiger partial charge on any atom is 0.358 e. The second-order valence-corrected chi connectivity index (χ2v) is 5.10. The Balaban J connectivity index is 2.06. The molecular formula is C18H18N2O4. The number of nitrogens with zero attached hydrogens (tertiary/aromatic N) is 2. The second-order valence-electron chi connectivity index (χ2n) is 5.10. The van der Waals surface area contributed by atoms with Crippen LogP contribution in [0.5, 0.6) is 11.5 Å². The standard InChI is InChI=1S/C18H18N2O4/c1-4-24-18(21)15-11-20-10-12(5-8-17(20)19-15)14-9-13(22-2)6-7-16(14)23-3/h5-11H,4H2,1-3H3. The first-order chi connectivity index (χ1) is 11.7. The van der Waals surface area contributed by atoms with Gasteiger partial charge in [0.1, 0.15) is 17.1 Å². The van der Waals surface area contributed by atoms with Gasteiger partial charge in [0.25, 0.3) is 0 Å². The number of esters is 1. The molecule has 0 saturated carbocycles. The number of hydrogen-bond acceptors (Lipinski definition) is 5. The van der Waals surface area contributed by atoms with E-state index in [0.717, 1.165) is 22.6 Å². The quantitative estimate of drug-likeness (QED) is 0.674. The van der Waals surface area contributed by atoms with Crippen LogP contribution < -0.4 is 9.47 Å². The normalized spacial score (nSPS) is 10.6. The highest BCUT2D eigenvalue weighted by molar-refractivity contribution is 5.88. The van der Waals surface area contributed by atoms with Crippen molar-refractivity contribution in [3.8, 4) is 22.6 Å². The van der Waals surface area contributed by atoms with E-state index in [9.17, 15) is 4.79 Å². The monoisotopic (exact) mass is 326 g/mol. The molecular weight excluding hydrogens is 308 g/mol. The highest BCUT2D eigenvalue weighted by atomic mass is 16.5. The summed E-state index contributed by atoms with van der Waals surface area (Å²) in [5.74, 6) is 1.05. The molecule has 3 aromatic rings. The van der Waals surface area contributed by atoms with Crippen molar-refractivity contribution < 1.29 is 19.0 Å². The number of rotatable bonds is 5. The first kappa shape index (κ1) is 15.9. The summed E-state index contributed by atoms with van der Waals surface area (Å²) in [5, 5.41) is 0. The average molecular weight is 326 g/mol. The molecule has 0 aliphatic carbocycles. The molecule has 0 aliphatic rings. The zero-order valence-electron chi connectivity index (χ0n) is 13.8. The number of imidazole rings is 1. The minimum atomic E-state index is -0.429. The molecule has 3 rings (SSSR count). The van der Waals surface area contributed by atoms with Crippen molar-refractivity contribution in [1.29, 1.82) is 0 Å². The third-order valence-corrected chi connectivity index (χ3v) is 3.65. The number of carbonyl (C=O) groups is 1. The fourth-order valence-electron chi connectivity index (χ4n) is 2.49. The Labute approximate surface area is 139 Å². The third kappa shape index (κ3) is 2.90. The molecule has 0 aliphatic heterocycles. The number of fused-ring (bicyclic) bond motifs is 1. The van der Waals surface area contributed by atoms with E-state index in [1.54, 1.807) is 31.7 Å². The van der Waals surface area contributed by atoms with Crippen molar-refractivity contribution in [2.45, 2.75) is 6.92 Å². The van der Waals surface area contributed by atoms with Gasteiger partial charge in [-0.2, -0.15) is 0 Å². The summed E-state index contributed by atoms with van der Waals surface area (Å²) in [7, 11) is 3.25. The summed E-state index contributed by atoms with van der Waals surface area (Å²) in [6, 6.07) is 9.38. The molecule has 124 valence electrons. The Morgan fingerprint density at radius 2 is 1.96 bits per heavy atom.